The molecular formula is C19H30N4O2. The van der Waals surface area contributed by atoms with Gasteiger partial charge in [-0.3, -0.25) is 0 Å². The standard InChI is InChI=1S/C19H30N4O2/c24-14-16-6-2-1-3-7-17(16)22-19(25)21-13-15-8-9-18(20-12-15)23-10-4-5-11-23/h8-9,12,16-17,24H,1-7,10-11,13-14H2,(H2,21,22,25). The number of urea groups is 1. The Bertz CT molecular complexity index is 543. The number of aromatic nitrogens is 1. The third-order valence-electron chi connectivity index (χ3n) is 5.40. The Labute approximate surface area is 150 Å². The van der Waals surface area contributed by atoms with Crippen molar-refractivity contribution in [3.8, 4) is 0 Å². The van der Waals surface area contributed by atoms with E-state index in [-0.39, 0.29) is 24.6 Å². The molecular weight excluding hydrogens is 316 g/mol. The van der Waals surface area contributed by atoms with E-state index in [1.807, 2.05) is 18.3 Å². The predicted molar refractivity (Wildman–Crippen MR) is 98.5 cm³/mol. The van der Waals surface area contributed by atoms with Gasteiger partial charge in [0.25, 0.3) is 0 Å². The largest absolute Gasteiger partial charge is 0.396 e. The number of carbonyl (C=O) groups excluding carboxylic acids is 1. The van der Waals surface area contributed by atoms with Crippen LogP contribution in [0.15, 0.2) is 18.3 Å². The van der Waals surface area contributed by atoms with Crippen LogP contribution in [0.25, 0.3) is 0 Å². The van der Waals surface area contributed by atoms with Crippen molar-refractivity contribution in [3.63, 3.8) is 0 Å². The van der Waals surface area contributed by atoms with Gasteiger partial charge in [-0.15, -0.1) is 0 Å². The van der Waals surface area contributed by atoms with E-state index < -0.39 is 0 Å². The lowest BCUT2D eigenvalue weighted by Crippen LogP contribution is -2.45. The van der Waals surface area contributed by atoms with Crippen LogP contribution in [0, 0.1) is 5.92 Å². The van der Waals surface area contributed by atoms with Crippen LogP contribution in [0.5, 0.6) is 0 Å². The Kier molecular flexibility index (Phi) is 6.50. The number of rotatable bonds is 5. The smallest absolute Gasteiger partial charge is 0.315 e. The molecule has 1 aliphatic carbocycles. The molecule has 6 nitrogen and oxygen atoms in total. The van der Waals surface area contributed by atoms with Gasteiger partial charge in [-0.2, -0.15) is 0 Å². The lowest BCUT2D eigenvalue weighted by atomic mass is 9.96. The fraction of sp³-hybridized carbons (Fsp3) is 0.684. The van der Waals surface area contributed by atoms with Gasteiger partial charge in [0.1, 0.15) is 5.82 Å². The molecule has 2 fully saturated rings. The highest BCUT2D eigenvalue weighted by atomic mass is 16.3. The zero-order chi connectivity index (χ0) is 17.5. The van der Waals surface area contributed by atoms with Crippen LogP contribution in [-0.2, 0) is 6.54 Å². The van der Waals surface area contributed by atoms with Gasteiger partial charge in [-0.1, -0.05) is 25.3 Å². The van der Waals surface area contributed by atoms with Crippen molar-refractivity contribution < 1.29 is 9.90 Å². The highest BCUT2D eigenvalue weighted by Crippen LogP contribution is 2.23. The van der Waals surface area contributed by atoms with Crippen molar-refractivity contribution in [1.29, 1.82) is 0 Å². The van der Waals surface area contributed by atoms with Crippen molar-refractivity contribution in [3.05, 3.63) is 23.9 Å². The monoisotopic (exact) mass is 346 g/mol. The van der Waals surface area contributed by atoms with Crippen molar-refractivity contribution in [2.24, 2.45) is 5.92 Å². The Morgan fingerprint density at radius 3 is 2.68 bits per heavy atom. The molecule has 3 N–H and O–H groups in total. The normalized spacial score (nSPS) is 24.0. The molecule has 0 spiro atoms. The summed E-state index contributed by atoms with van der Waals surface area (Å²) in [6.45, 7) is 2.78. The topological polar surface area (TPSA) is 77.5 Å². The SMILES string of the molecule is O=C(NCc1ccc(N2CCCC2)nc1)NC1CCCCCC1CO. The fourth-order valence-electron chi connectivity index (χ4n) is 3.85. The first-order valence-electron chi connectivity index (χ1n) is 9.61. The number of aliphatic hydroxyl groups is 1. The second-order valence-electron chi connectivity index (χ2n) is 7.23. The molecule has 2 amide bonds. The third-order valence-corrected chi connectivity index (χ3v) is 5.40. The molecule has 0 aromatic carbocycles. The zero-order valence-electron chi connectivity index (χ0n) is 14.9. The van der Waals surface area contributed by atoms with E-state index in [9.17, 15) is 9.90 Å². The average Bonchev–Trinajstić information content (AvgIpc) is 3.08. The molecule has 1 saturated carbocycles. The van der Waals surface area contributed by atoms with Gasteiger partial charge in [-0.25, -0.2) is 9.78 Å². The summed E-state index contributed by atoms with van der Waals surface area (Å²) in [5, 5.41) is 15.5. The van der Waals surface area contributed by atoms with Crippen LogP contribution in [-0.4, -0.2) is 41.9 Å². The summed E-state index contributed by atoms with van der Waals surface area (Å²) in [7, 11) is 0. The molecule has 6 heteroatoms. The molecule has 1 saturated heterocycles. The van der Waals surface area contributed by atoms with E-state index in [1.54, 1.807) is 0 Å². The van der Waals surface area contributed by atoms with Crippen LogP contribution in [0.1, 0.15) is 50.5 Å². The molecule has 2 aliphatic rings. The van der Waals surface area contributed by atoms with Gasteiger partial charge in [0.2, 0.25) is 0 Å². The first kappa shape index (κ1) is 18.0. The van der Waals surface area contributed by atoms with Gasteiger partial charge in [0.15, 0.2) is 0 Å². The third kappa shape index (κ3) is 5.08. The van der Waals surface area contributed by atoms with Crippen molar-refractivity contribution in [1.82, 2.24) is 15.6 Å². The summed E-state index contributed by atoms with van der Waals surface area (Å²) >= 11 is 0. The fourth-order valence-corrected chi connectivity index (χ4v) is 3.85. The molecule has 2 unspecified atom stereocenters. The minimum atomic E-state index is -0.158. The minimum absolute atomic E-state index is 0.0724. The van der Waals surface area contributed by atoms with Gasteiger partial charge in [0.05, 0.1) is 0 Å². The molecule has 25 heavy (non-hydrogen) atoms. The number of anilines is 1. The first-order valence-corrected chi connectivity index (χ1v) is 9.61. The second-order valence-corrected chi connectivity index (χ2v) is 7.23. The van der Waals surface area contributed by atoms with Crippen LogP contribution in [0.3, 0.4) is 0 Å². The summed E-state index contributed by atoms with van der Waals surface area (Å²) in [5.41, 5.74) is 0.998. The van der Waals surface area contributed by atoms with Gasteiger partial charge in [-0.05, 0) is 37.3 Å². The zero-order valence-corrected chi connectivity index (χ0v) is 14.9. The lowest BCUT2D eigenvalue weighted by molar-refractivity contribution is 0.179. The van der Waals surface area contributed by atoms with Crippen molar-refractivity contribution in [2.45, 2.75) is 57.5 Å². The molecule has 2 atom stereocenters. The quantitative estimate of drug-likeness (QED) is 0.716. The summed E-state index contributed by atoms with van der Waals surface area (Å²) in [6.07, 6.45) is 9.70. The lowest BCUT2D eigenvalue weighted by Gasteiger charge is -2.24. The highest BCUT2D eigenvalue weighted by Gasteiger charge is 2.24. The summed E-state index contributed by atoms with van der Waals surface area (Å²) < 4.78 is 0. The maximum absolute atomic E-state index is 12.2. The number of carbonyl (C=O) groups is 1. The number of aliphatic hydroxyl groups excluding tert-OH is 1. The second kappa shape index (κ2) is 9.04. The number of hydrogen-bond donors (Lipinski definition) is 3. The number of nitrogens with one attached hydrogen (secondary N) is 2. The molecule has 1 aliphatic heterocycles. The van der Waals surface area contributed by atoms with Gasteiger partial charge < -0.3 is 20.6 Å². The van der Waals surface area contributed by atoms with E-state index in [4.69, 9.17) is 0 Å². The predicted octanol–water partition coefficient (Wildman–Crippen LogP) is 2.42. The van der Waals surface area contributed by atoms with Crippen LogP contribution >= 0.6 is 0 Å². The van der Waals surface area contributed by atoms with E-state index in [1.165, 1.54) is 19.3 Å². The van der Waals surface area contributed by atoms with E-state index in [0.717, 1.165) is 50.2 Å². The number of pyridine rings is 1. The molecule has 1 aromatic heterocycles. The maximum Gasteiger partial charge on any atom is 0.315 e. The van der Waals surface area contributed by atoms with E-state index in [2.05, 4.69) is 20.5 Å². The summed E-state index contributed by atoms with van der Waals surface area (Å²) in [4.78, 5) is 19.0. The molecule has 0 radical (unpaired) electrons. The van der Waals surface area contributed by atoms with Crippen LogP contribution < -0.4 is 15.5 Å². The molecule has 3 rings (SSSR count). The summed E-state index contributed by atoms with van der Waals surface area (Å²) in [6, 6.07) is 3.98. The van der Waals surface area contributed by atoms with E-state index >= 15 is 0 Å². The molecule has 0 bridgehead atoms. The van der Waals surface area contributed by atoms with Gasteiger partial charge in [0, 0.05) is 44.4 Å². The van der Waals surface area contributed by atoms with Crippen LogP contribution in [0.2, 0.25) is 0 Å². The highest BCUT2D eigenvalue weighted by molar-refractivity contribution is 5.74. The Morgan fingerprint density at radius 1 is 1.16 bits per heavy atom. The summed E-state index contributed by atoms with van der Waals surface area (Å²) in [5.74, 6) is 1.20. The van der Waals surface area contributed by atoms with Crippen molar-refractivity contribution in [2.75, 3.05) is 24.6 Å². The van der Waals surface area contributed by atoms with Gasteiger partial charge >= 0.3 is 6.03 Å². The van der Waals surface area contributed by atoms with Crippen molar-refractivity contribution >= 4 is 11.8 Å². The number of amides is 2. The Balaban J connectivity index is 1.46. The Morgan fingerprint density at radius 2 is 1.96 bits per heavy atom. The van der Waals surface area contributed by atoms with E-state index in [0.29, 0.717) is 6.54 Å². The number of hydrogen-bond acceptors (Lipinski definition) is 4. The first-order chi connectivity index (χ1) is 12.3. The average molecular weight is 346 g/mol. The maximum atomic E-state index is 12.2. The van der Waals surface area contributed by atoms with Crippen LogP contribution in [0.4, 0.5) is 10.6 Å². The number of nitrogens with zero attached hydrogens (tertiary/aromatic N) is 2. The molecule has 138 valence electrons. The Hall–Kier alpha value is -1.82. The molecule has 2 heterocycles. The minimum Gasteiger partial charge on any atom is -0.396 e. The molecule has 1 aromatic rings.